The predicted octanol–water partition coefficient (Wildman–Crippen LogP) is 24.1. The largest absolute Gasteiger partial charge is 0.470 e. The molecule has 0 saturated carbocycles. The summed E-state index contributed by atoms with van der Waals surface area (Å²) in [5, 5.41) is 0. The molecule has 27 rings (SSSR count). The molecule has 14 aromatic carbocycles. The molecule has 0 spiro atoms. The molecule has 5 heteroatoms. The molecule has 1 fully saturated rings. The average Bonchev–Trinajstić information content (AvgIpc) is 1.06. The molecule has 538 valence electrons. The van der Waals surface area contributed by atoms with Crippen molar-refractivity contribution in [3.05, 3.63) is 482 Å². The third-order valence-electron chi connectivity index (χ3n) is 28.6. The van der Waals surface area contributed by atoms with Gasteiger partial charge in [0.15, 0.2) is 0 Å². The Kier molecular flexibility index (Phi) is 13.9. The fourth-order valence-corrected chi connectivity index (χ4v) is 28.6. The minimum absolute atomic E-state index is 0.121. The maximum absolute atomic E-state index is 9.52. The first-order chi connectivity index (χ1) is 54.0. The Morgan fingerprint density at radius 3 is 0.541 bits per heavy atom. The van der Waals surface area contributed by atoms with Crippen LogP contribution in [0.5, 0.6) is 0 Å². The maximum Gasteiger partial charge on any atom is 0.470 e. The van der Waals surface area contributed by atoms with E-state index in [0.29, 0.717) is 38.8 Å². The summed E-state index contributed by atoms with van der Waals surface area (Å²) in [4.78, 5) is 0. The van der Waals surface area contributed by atoms with Gasteiger partial charge in [-0.1, -0.05) is 379 Å². The number of rotatable bonds is 10. The molecule has 1 aliphatic heterocycles. The highest BCUT2D eigenvalue weighted by molar-refractivity contribution is 7.48. The van der Waals surface area contributed by atoms with Crippen molar-refractivity contribution in [3.63, 3.8) is 0 Å². The van der Waals surface area contributed by atoms with Crippen LogP contribution in [-0.4, -0.2) is 20.1 Å². The second kappa shape index (κ2) is 23.3. The van der Waals surface area contributed by atoms with Crippen molar-refractivity contribution in [2.75, 3.05) is 22.2 Å². The summed E-state index contributed by atoms with van der Waals surface area (Å²) < 4.78 is 5.33. The van der Waals surface area contributed by atoms with E-state index in [1.807, 2.05) is 0 Å². The number of benzene rings is 14. The summed E-state index contributed by atoms with van der Waals surface area (Å²) in [6, 6.07) is 124. The monoisotopic (exact) mass is 1480 g/mol. The van der Waals surface area contributed by atoms with Crippen molar-refractivity contribution in [3.8, 4) is 0 Å². The summed E-state index contributed by atoms with van der Waals surface area (Å²) >= 11 is 19.0. The van der Waals surface area contributed by atoms with Crippen molar-refractivity contribution in [2.45, 2.75) is 123 Å². The zero-order valence-electron chi connectivity index (χ0n) is 63.7. The predicted molar refractivity (Wildman–Crippen MR) is 458 cm³/mol. The quantitative estimate of drug-likeness (QED) is 0.0995. The van der Waals surface area contributed by atoms with Gasteiger partial charge in [-0.2, -0.15) is 0 Å². The summed E-state index contributed by atoms with van der Waals surface area (Å²) in [6.45, 7) is 15.8. The second-order valence-corrected chi connectivity index (χ2v) is 41.5. The zero-order chi connectivity index (χ0) is 74.5. The van der Waals surface area contributed by atoms with Crippen LogP contribution >= 0.6 is 22.2 Å². The molecule has 0 atom stereocenters. The van der Waals surface area contributed by atoms with Crippen LogP contribution in [0.3, 0.4) is 0 Å². The standard InChI is InChI=1S/C106H86Cl2N2Si/c1-101(2,3)69-57-65(61-103-83-43-19-7-31-71(83)95(72-32-8-20-44-84(72)103)73-33-9-21-45-85(73)103)99(66(58-69)62-104-86-46-22-10-34-74(86)96(75-35-11-23-47-87(75)104)76-36-12-24-48-88(76)104)109-55-56-110(111(109,107)108)100-67(63-105-89-49-25-13-37-77(89)97(78-38-14-26-50-90(78)105)79-39-15-27-51-91(79)105)59-70(102(4,5)6)60-68(100)64-106-92-52-28-16-40-80(92)98(81-41-17-29-53-93(81)106)82-42-18-30-54-94(82)106/h7-54,57-60,95-98H,55-56,61-64H2,1-6H3. The lowest BCUT2D eigenvalue weighted by Gasteiger charge is -2.52. The molecule has 0 radical (unpaired) electrons. The molecular formula is C106H86Cl2N2Si. The third kappa shape index (κ3) is 8.65. The van der Waals surface area contributed by atoms with E-state index >= 15 is 0 Å². The highest BCUT2D eigenvalue weighted by Crippen LogP contribution is 2.67. The highest BCUT2D eigenvalue weighted by atomic mass is 35.7. The van der Waals surface area contributed by atoms with Crippen LogP contribution in [0.25, 0.3) is 0 Å². The van der Waals surface area contributed by atoms with Crippen LogP contribution in [0.1, 0.15) is 232 Å². The lowest BCUT2D eigenvalue weighted by molar-refractivity contribution is 0.529. The molecule has 0 aromatic heterocycles. The molecule has 2 nitrogen and oxygen atoms in total. The zero-order valence-corrected chi connectivity index (χ0v) is 66.2. The Morgan fingerprint density at radius 1 is 0.252 bits per heavy atom. The van der Waals surface area contributed by atoms with Gasteiger partial charge in [0.2, 0.25) is 0 Å². The number of nitrogens with zero attached hydrogens (tertiary/aromatic N) is 2. The van der Waals surface area contributed by atoms with Crippen molar-refractivity contribution in [2.24, 2.45) is 0 Å². The van der Waals surface area contributed by atoms with E-state index in [1.165, 1.54) is 178 Å². The fourth-order valence-electron chi connectivity index (χ4n) is 24.4. The van der Waals surface area contributed by atoms with Crippen LogP contribution in [0.4, 0.5) is 11.4 Å². The number of hydrogen-bond donors (Lipinski definition) is 0. The minimum Gasteiger partial charge on any atom is -0.355 e. The Balaban J connectivity index is 0.815. The summed E-state index contributed by atoms with van der Waals surface area (Å²) in [5.74, 6) is 0.483. The average molecular weight is 1490 g/mol. The SMILES string of the molecule is CC(C)(C)c1cc(CC23c4ccccc4C(c4ccccc42)c2ccccc23)c(N2CCN(c3c(CC45c6ccccc6C(c6ccccc64)c4ccccc45)cc(C(C)(C)C)cc3CC34c5ccccc5C(c5ccccc53)c3ccccc34)[Si]2(Cl)Cl)c(CC23c4ccccc4C(c4ccccc42)c2ccccc23)c1. The molecule has 13 aliphatic rings. The first-order valence-electron chi connectivity index (χ1n) is 40.4. The Labute approximate surface area is 663 Å². The molecule has 1 heterocycles. The molecule has 0 unspecified atom stereocenters. The van der Waals surface area contributed by atoms with Gasteiger partial charge in [0.05, 0.1) is 21.7 Å². The molecular weight excluding hydrogens is 1400 g/mol. The van der Waals surface area contributed by atoms with E-state index in [2.05, 4.69) is 366 Å². The van der Waals surface area contributed by atoms with Gasteiger partial charge < -0.3 is 9.13 Å². The van der Waals surface area contributed by atoms with E-state index in [9.17, 15) is 22.2 Å². The van der Waals surface area contributed by atoms with Gasteiger partial charge in [-0.25, -0.2) is 0 Å². The summed E-state index contributed by atoms with van der Waals surface area (Å²) in [5.41, 5.74) is 40.7. The molecule has 0 amide bonds. The van der Waals surface area contributed by atoms with E-state index in [-0.39, 0.29) is 34.5 Å². The lowest BCUT2D eigenvalue weighted by Crippen LogP contribution is -2.53. The first kappa shape index (κ1) is 66.3. The first-order valence-corrected chi connectivity index (χ1v) is 44.4. The second-order valence-electron chi connectivity index (χ2n) is 35.7. The molecule has 14 aromatic rings. The normalized spacial score (nSPS) is 23.2. The van der Waals surface area contributed by atoms with Gasteiger partial charge >= 0.3 is 7.02 Å². The highest BCUT2D eigenvalue weighted by Gasteiger charge is 2.60. The topological polar surface area (TPSA) is 6.48 Å². The van der Waals surface area contributed by atoms with Gasteiger partial charge in [0.1, 0.15) is 0 Å². The van der Waals surface area contributed by atoms with Crippen molar-refractivity contribution in [1.29, 1.82) is 0 Å². The van der Waals surface area contributed by atoms with Crippen molar-refractivity contribution in [1.82, 2.24) is 0 Å². The summed E-state index contributed by atoms with van der Waals surface area (Å²) in [6.07, 6.45) is 2.74. The van der Waals surface area contributed by atoms with E-state index in [1.54, 1.807) is 0 Å². The van der Waals surface area contributed by atoms with E-state index in [0.717, 1.165) is 0 Å². The molecule has 0 N–H and O–H groups in total. The van der Waals surface area contributed by atoms with E-state index in [4.69, 9.17) is 0 Å². The molecule has 8 bridgehead atoms. The Morgan fingerprint density at radius 2 is 0.396 bits per heavy atom. The Hall–Kier alpha value is -10.5. The lowest BCUT2D eigenvalue weighted by atomic mass is 9.50. The van der Waals surface area contributed by atoms with Crippen LogP contribution in [0.15, 0.2) is 315 Å². The van der Waals surface area contributed by atoms with Gasteiger partial charge in [-0.3, -0.25) is 0 Å². The third-order valence-corrected chi connectivity index (χ3v) is 33.2. The van der Waals surface area contributed by atoms with Crippen LogP contribution in [0.2, 0.25) is 0 Å². The fraction of sp³-hybridized carbons (Fsp3) is 0.208. The maximum atomic E-state index is 9.52. The molecule has 12 aliphatic carbocycles. The van der Waals surface area contributed by atoms with Gasteiger partial charge in [-0.15, -0.1) is 0 Å². The minimum atomic E-state index is -4.14. The smallest absolute Gasteiger partial charge is 0.355 e. The number of halogens is 2. The van der Waals surface area contributed by atoms with Crippen LogP contribution in [0, 0.1) is 0 Å². The van der Waals surface area contributed by atoms with Gasteiger partial charge in [0, 0.05) is 48.1 Å². The number of anilines is 2. The van der Waals surface area contributed by atoms with Crippen LogP contribution in [-0.2, 0) is 58.2 Å². The van der Waals surface area contributed by atoms with E-state index < -0.39 is 28.7 Å². The number of hydrogen-bond acceptors (Lipinski definition) is 2. The van der Waals surface area contributed by atoms with Gasteiger partial charge in [0.25, 0.3) is 0 Å². The molecule has 111 heavy (non-hydrogen) atoms. The van der Waals surface area contributed by atoms with Crippen molar-refractivity contribution >= 4 is 40.5 Å². The van der Waals surface area contributed by atoms with Crippen molar-refractivity contribution < 1.29 is 0 Å². The Bertz CT molecular complexity index is 5150. The molecule has 1 saturated heterocycles. The summed E-state index contributed by atoms with van der Waals surface area (Å²) in [7, 11) is -4.14. The van der Waals surface area contributed by atoms with Gasteiger partial charge in [-0.05, 0) is 203 Å². The van der Waals surface area contributed by atoms with Crippen LogP contribution < -0.4 is 9.13 Å².